The maximum atomic E-state index is 12.9. The largest absolute Gasteiger partial charge is 0.493 e. The number of hydrogen-bond donors (Lipinski definition) is 1. The molecule has 6 nitrogen and oxygen atoms in total. The van der Waals surface area contributed by atoms with Crippen LogP contribution in [0.4, 0.5) is 4.79 Å². The first-order valence-electron chi connectivity index (χ1n) is 9.88. The first kappa shape index (κ1) is 18.6. The second-order valence-corrected chi connectivity index (χ2v) is 7.90. The van der Waals surface area contributed by atoms with E-state index in [1.807, 2.05) is 62.1 Å². The third-order valence-corrected chi connectivity index (χ3v) is 5.43. The van der Waals surface area contributed by atoms with E-state index >= 15 is 0 Å². The summed E-state index contributed by atoms with van der Waals surface area (Å²) in [5.74, 6) is 1.86. The van der Waals surface area contributed by atoms with Crippen LogP contribution in [-0.4, -0.2) is 41.7 Å². The van der Waals surface area contributed by atoms with Crippen molar-refractivity contribution in [2.45, 2.75) is 32.9 Å². The molecule has 6 heteroatoms. The Balaban J connectivity index is 1.57. The summed E-state index contributed by atoms with van der Waals surface area (Å²) < 4.78 is 12.0. The average Bonchev–Trinajstić information content (AvgIpc) is 3.05. The van der Waals surface area contributed by atoms with Gasteiger partial charge in [0, 0.05) is 41.7 Å². The van der Waals surface area contributed by atoms with Gasteiger partial charge in [0.05, 0.1) is 19.3 Å². The highest BCUT2D eigenvalue weighted by Gasteiger charge is 2.48. The highest BCUT2D eigenvalue weighted by atomic mass is 16.5. The lowest BCUT2D eigenvalue weighted by Crippen LogP contribution is -2.44. The minimum Gasteiger partial charge on any atom is -0.493 e. The lowest BCUT2D eigenvalue weighted by Gasteiger charge is -2.34. The lowest BCUT2D eigenvalue weighted by atomic mass is 9.86. The number of carbonyl (C=O) groups excluding carboxylic acids is 1. The maximum absolute atomic E-state index is 12.9. The summed E-state index contributed by atoms with van der Waals surface area (Å²) in [4.78, 5) is 19.3. The Morgan fingerprint density at radius 3 is 2.89 bits per heavy atom. The van der Waals surface area contributed by atoms with Gasteiger partial charge >= 0.3 is 6.03 Å². The van der Waals surface area contributed by atoms with E-state index < -0.39 is 0 Å². The molecule has 0 spiro atoms. The highest BCUT2D eigenvalue weighted by molar-refractivity contribution is 5.76. The van der Waals surface area contributed by atoms with E-state index in [1.54, 1.807) is 0 Å². The number of nitrogens with zero attached hydrogens (tertiary/aromatic N) is 2. The molecule has 0 unspecified atom stereocenters. The van der Waals surface area contributed by atoms with Gasteiger partial charge in [-0.2, -0.15) is 0 Å². The molecule has 3 heterocycles. The van der Waals surface area contributed by atoms with Crippen LogP contribution < -0.4 is 14.8 Å². The number of urea groups is 1. The normalized spacial score (nSPS) is 23.0. The number of aryl methyl sites for hydroxylation is 1. The molecule has 0 aliphatic carbocycles. The topological polar surface area (TPSA) is 63.7 Å². The van der Waals surface area contributed by atoms with Crippen LogP contribution >= 0.6 is 0 Å². The molecular formula is C22H27N3O3. The predicted octanol–water partition coefficient (Wildman–Crippen LogP) is 3.57. The molecule has 0 radical (unpaired) electrons. The van der Waals surface area contributed by atoms with Gasteiger partial charge in [-0.3, -0.25) is 0 Å². The first-order valence-corrected chi connectivity index (χ1v) is 9.88. The zero-order valence-electron chi connectivity index (χ0n) is 16.6. The van der Waals surface area contributed by atoms with E-state index in [9.17, 15) is 4.79 Å². The van der Waals surface area contributed by atoms with Crippen molar-refractivity contribution in [3.05, 3.63) is 53.7 Å². The van der Waals surface area contributed by atoms with Gasteiger partial charge in [0.2, 0.25) is 5.88 Å². The standard InChI is InChI=1S/C22H27N3O3/c1-14(2)23-22(26)25-11-16(12-28-20-10-6-7-15(3)24-20)18-13-27-19-9-5-4-8-17(19)21(18)25/h4-10,14,16,18,21H,11-13H2,1-3H3,(H,23,26)/t16-,18-,21-/m0/s1. The van der Waals surface area contributed by atoms with Crippen molar-refractivity contribution in [3.63, 3.8) is 0 Å². The molecule has 1 aromatic heterocycles. The number of rotatable bonds is 4. The van der Waals surface area contributed by atoms with Gasteiger partial charge < -0.3 is 19.7 Å². The molecule has 0 saturated carbocycles. The third-order valence-electron chi connectivity index (χ3n) is 5.43. The molecule has 148 valence electrons. The van der Waals surface area contributed by atoms with Crippen molar-refractivity contribution in [2.75, 3.05) is 19.8 Å². The van der Waals surface area contributed by atoms with Gasteiger partial charge in [-0.15, -0.1) is 0 Å². The molecule has 1 aromatic carbocycles. The molecule has 1 fully saturated rings. The fraction of sp³-hybridized carbons (Fsp3) is 0.455. The quantitative estimate of drug-likeness (QED) is 0.879. The molecule has 1 N–H and O–H groups in total. The van der Waals surface area contributed by atoms with E-state index in [1.165, 1.54) is 0 Å². The minimum absolute atomic E-state index is 0.00256. The number of ether oxygens (including phenoxy) is 2. The van der Waals surface area contributed by atoms with Crippen molar-refractivity contribution < 1.29 is 14.3 Å². The van der Waals surface area contributed by atoms with Crippen molar-refractivity contribution >= 4 is 6.03 Å². The van der Waals surface area contributed by atoms with Crippen LogP contribution in [0.25, 0.3) is 0 Å². The van der Waals surface area contributed by atoms with Crippen LogP contribution in [0.5, 0.6) is 11.6 Å². The first-order chi connectivity index (χ1) is 13.5. The Hall–Kier alpha value is -2.76. The van der Waals surface area contributed by atoms with E-state index in [2.05, 4.69) is 16.4 Å². The van der Waals surface area contributed by atoms with E-state index in [-0.39, 0.29) is 30.0 Å². The second-order valence-electron chi connectivity index (χ2n) is 7.90. The number of amides is 2. The fourth-order valence-corrected chi connectivity index (χ4v) is 4.16. The number of benzene rings is 1. The molecule has 4 rings (SSSR count). The Labute approximate surface area is 165 Å². The van der Waals surface area contributed by atoms with Crippen LogP contribution in [0.2, 0.25) is 0 Å². The zero-order valence-corrected chi connectivity index (χ0v) is 16.6. The van der Waals surface area contributed by atoms with Gasteiger partial charge in [-0.05, 0) is 32.9 Å². The molecule has 0 bridgehead atoms. The Bertz CT molecular complexity index is 854. The van der Waals surface area contributed by atoms with Gasteiger partial charge in [0.1, 0.15) is 5.75 Å². The summed E-state index contributed by atoms with van der Waals surface area (Å²) >= 11 is 0. The number of hydrogen-bond acceptors (Lipinski definition) is 4. The summed E-state index contributed by atoms with van der Waals surface area (Å²) in [5, 5.41) is 3.04. The highest BCUT2D eigenvalue weighted by Crippen LogP contribution is 2.47. The van der Waals surface area contributed by atoms with E-state index in [4.69, 9.17) is 9.47 Å². The molecular weight excluding hydrogens is 354 g/mol. The number of nitrogens with one attached hydrogen (secondary N) is 1. The average molecular weight is 381 g/mol. The Morgan fingerprint density at radius 2 is 2.11 bits per heavy atom. The van der Waals surface area contributed by atoms with Crippen LogP contribution in [0.3, 0.4) is 0 Å². The Kier molecular flexibility index (Phi) is 5.11. The number of pyridine rings is 1. The summed E-state index contributed by atoms with van der Waals surface area (Å²) in [7, 11) is 0. The summed E-state index contributed by atoms with van der Waals surface area (Å²) in [6, 6.07) is 13.8. The predicted molar refractivity (Wildman–Crippen MR) is 107 cm³/mol. The van der Waals surface area contributed by atoms with Crippen LogP contribution in [0.15, 0.2) is 42.5 Å². The maximum Gasteiger partial charge on any atom is 0.318 e. The molecule has 3 atom stereocenters. The van der Waals surface area contributed by atoms with Gasteiger partial charge in [-0.25, -0.2) is 9.78 Å². The summed E-state index contributed by atoms with van der Waals surface area (Å²) in [5.41, 5.74) is 2.00. The molecule has 2 aliphatic heterocycles. The smallest absolute Gasteiger partial charge is 0.318 e. The molecule has 2 aromatic rings. The van der Waals surface area contributed by atoms with Crippen molar-refractivity contribution in [3.8, 4) is 11.6 Å². The van der Waals surface area contributed by atoms with Crippen molar-refractivity contribution in [2.24, 2.45) is 11.8 Å². The minimum atomic E-state index is -0.0297. The van der Waals surface area contributed by atoms with E-state index in [0.29, 0.717) is 25.6 Å². The van der Waals surface area contributed by atoms with Gasteiger partial charge in [0.25, 0.3) is 0 Å². The molecule has 28 heavy (non-hydrogen) atoms. The summed E-state index contributed by atoms with van der Waals surface area (Å²) in [6.07, 6.45) is 0. The number of likely N-dealkylation sites (tertiary alicyclic amines) is 1. The monoisotopic (exact) mass is 381 g/mol. The van der Waals surface area contributed by atoms with Crippen LogP contribution in [-0.2, 0) is 0 Å². The van der Waals surface area contributed by atoms with Gasteiger partial charge in [-0.1, -0.05) is 24.3 Å². The number of fused-ring (bicyclic) bond motifs is 3. The number of carbonyl (C=O) groups is 1. The number of aromatic nitrogens is 1. The fourth-order valence-electron chi connectivity index (χ4n) is 4.16. The second kappa shape index (κ2) is 7.70. The molecule has 1 saturated heterocycles. The van der Waals surface area contributed by atoms with Crippen LogP contribution in [0, 0.1) is 18.8 Å². The lowest BCUT2D eigenvalue weighted by molar-refractivity contribution is 0.126. The van der Waals surface area contributed by atoms with Gasteiger partial charge in [0.15, 0.2) is 0 Å². The zero-order chi connectivity index (χ0) is 19.7. The number of para-hydroxylation sites is 1. The third kappa shape index (κ3) is 3.63. The molecule has 2 aliphatic rings. The van der Waals surface area contributed by atoms with Crippen molar-refractivity contribution in [1.82, 2.24) is 15.2 Å². The SMILES string of the molecule is Cc1cccc(OC[C@@H]2CN(C(=O)NC(C)C)[C@H]3c4ccccc4OC[C@@H]23)n1. The molecule has 2 amide bonds. The van der Waals surface area contributed by atoms with Crippen LogP contribution in [0.1, 0.15) is 31.1 Å². The van der Waals surface area contributed by atoms with Crippen molar-refractivity contribution in [1.29, 1.82) is 0 Å². The Morgan fingerprint density at radius 1 is 1.29 bits per heavy atom. The summed E-state index contributed by atoms with van der Waals surface area (Å²) in [6.45, 7) is 7.64. The van der Waals surface area contributed by atoms with E-state index in [0.717, 1.165) is 17.0 Å².